The number of carbonyl (C=O) groups is 2. The molecule has 1 saturated heterocycles. The van der Waals surface area contributed by atoms with Crippen molar-refractivity contribution in [2.75, 3.05) is 20.2 Å². The summed E-state index contributed by atoms with van der Waals surface area (Å²) in [6.45, 7) is 6.29. The molecule has 7 heteroatoms. The molecular weight excluding hydrogens is 312 g/mol. The van der Waals surface area contributed by atoms with E-state index in [0.717, 1.165) is 0 Å². The van der Waals surface area contributed by atoms with E-state index in [2.05, 4.69) is 5.32 Å². The number of carbonyl (C=O) groups excluding carboxylic acids is 1. The highest BCUT2D eigenvalue weighted by Crippen LogP contribution is 2.28. The van der Waals surface area contributed by atoms with Crippen LogP contribution in [0.2, 0.25) is 0 Å². The van der Waals surface area contributed by atoms with Crippen LogP contribution in [0.3, 0.4) is 0 Å². The van der Waals surface area contributed by atoms with Crippen LogP contribution in [-0.4, -0.2) is 53.9 Å². The largest absolute Gasteiger partial charge is 0.497 e. The number of rotatable bonds is 5. The maximum absolute atomic E-state index is 11.7. The SMILES string of the molecule is COc1cccc(C(C(=O)O)N2CC(NC(=O)OC(C)(C)C)C2)c1. The molecule has 0 aromatic heterocycles. The first-order chi connectivity index (χ1) is 11.2. The quantitative estimate of drug-likeness (QED) is 0.855. The van der Waals surface area contributed by atoms with Crippen LogP contribution in [-0.2, 0) is 9.53 Å². The molecule has 0 bridgehead atoms. The summed E-state index contributed by atoms with van der Waals surface area (Å²) in [4.78, 5) is 25.2. The predicted molar refractivity (Wildman–Crippen MR) is 88.1 cm³/mol. The van der Waals surface area contributed by atoms with E-state index in [1.807, 2.05) is 0 Å². The fourth-order valence-corrected chi connectivity index (χ4v) is 2.61. The first kappa shape index (κ1) is 18.1. The molecule has 2 N–H and O–H groups in total. The number of amides is 1. The summed E-state index contributed by atoms with van der Waals surface area (Å²) in [7, 11) is 1.54. The van der Waals surface area contributed by atoms with Crippen molar-refractivity contribution in [1.82, 2.24) is 10.2 Å². The van der Waals surface area contributed by atoms with Gasteiger partial charge in [0.05, 0.1) is 13.2 Å². The van der Waals surface area contributed by atoms with Gasteiger partial charge in [-0.25, -0.2) is 4.79 Å². The summed E-state index contributed by atoms with van der Waals surface area (Å²) in [6.07, 6.45) is -0.486. The number of hydrogen-bond acceptors (Lipinski definition) is 5. The Bertz CT molecular complexity index is 605. The van der Waals surface area contributed by atoms with Crippen molar-refractivity contribution >= 4 is 12.1 Å². The average molecular weight is 336 g/mol. The van der Waals surface area contributed by atoms with Crippen LogP contribution in [0.5, 0.6) is 5.75 Å². The van der Waals surface area contributed by atoms with Gasteiger partial charge in [-0.3, -0.25) is 9.69 Å². The van der Waals surface area contributed by atoms with Gasteiger partial charge in [0.25, 0.3) is 0 Å². The molecule has 132 valence electrons. The number of carboxylic acids is 1. The van der Waals surface area contributed by atoms with Crippen molar-refractivity contribution in [3.8, 4) is 5.75 Å². The van der Waals surface area contributed by atoms with Crippen LogP contribution in [0.25, 0.3) is 0 Å². The smallest absolute Gasteiger partial charge is 0.407 e. The number of methoxy groups -OCH3 is 1. The summed E-state index contributed by atoms with van der Waals surface area (Å²) in [5.74, 6) is -0.318. The fourth-order valence-electron chi connectivity index (χ4n) is 2.61. The van der Waals surface area contributed by atoms with Crippen molar-refractivity contribution in [2.24, 2.45) is 0 Å². The van der Waals surface area contributed by atoms with Crippen LogP contribution in [0.15, 0.2) is 24.3 Å². The van der Waals surface area contributed by atoms with Crippen molar-refractivity contribution in [2.45, 2.75) is 38.5 Å². The molecule has 0 aliphatic carbocycles. The molecule has 2 rings (SSSR count). The van der Waals surface area contributed by atoms with Crippen LogP contribution in [0.1, 0.15) is 32.4 Å². The van der Waals surface area contributed by atoms with Gasteiger partial charge in [0, 0.05) is 13.1 Å². The first-order valence-corrected chi connectivity index (χ1v) is 7.80. The lowest BCUT2D eigenvalue weighted by atomic mass is 9.99. The number of carboxylic acid groups (broad SMARTS) is 1. The minimum absolute atomic E-state index is 0.118. The second kappa shape index (κ2) is 7.09. The molecule has 0 spiro atoms. The zero-order valence-corrected chi connectivity index (χ0v) is 14.4. The van der Waals surface area contributed by atoms with Crippen LogP contribution >= 0.6 is 0 Å². The summed E-state index contributed by atoms with van der Waals surface area (Å²) < 4.78 is 10.4. The molecule has 1 heterocycles. The van der Waals surface area contributed by atoms with E-state index in [1.54, 1.807) is 57.0 Å². The summed E-state index contributed by atoms with van der Waals surface area (Å²) >= 11 is 0. The van der Waals surface area contributed by atoms with Crippen molar-refractivity contribution in [1.29, 1.82) is 0 Å². The molecule has 1 unspecified atom stereocenters. The van der Waals surface area contributed by atoms with E-state index < -0.39 is 23.7 Å². The number of likely N-dealkylation sites (tertiary alicyclic amines) is 1. The Labute approximate surface area is 141 Å². The van der Waals surface area contributed by atoms with Crippen LogP contribution in [0, 0.1) is 0 Å². The third-order valence-electron chi connectivity index (χ3n) is 3.64. The zero-order chi connectivity index (χ0) is 17.9. The first-order valence-electron chi connectivity index (χ1n) is 7.80. The molecule has 0 radical (unpaired) electrons. The topological polar surface area (TPSA) is 88.1 Å². The van der Waals surface area contributed by atoms with Gasteiger partial charge in [0.15, 0.2) is 0 Å². The van der Waals surface area contributed by atoms with Gasteiger partial charge in [-0.15, -0.1) is 0 Å². The third kappa shape index (κ3) is 4.61. The number of hydrogen-bond donors (Lipinski definition) is 2. The number of alkyl carbamates (subject to hydrolysis) is 1. The summed E-state index contributed by atoms with van der Waals surface area (Å²) in [5, 5.41) is 12.3. The molecule has 1 aliphatic heterocycles. The lowest BCUT2D eigenvalue weighted by molar-refractivity contribution is -0.145. The fraction of sp³-hybridized carbons (Fsp3) is 0.529. The summed E-state index contributed by atoms with van der Waals surface area (Å²) in [5.41, 5.74) is 0.0927. The number of nitrogens with zero attached hydrogens (tertiary/aromatic N) is 1. The number of ether oxygens (including phenoxy) is 2. The average Bonchev–Trinajstić information content (AvgIpc) is 2.42. The van der Waals surface area contributed by atoms with Gasteiger partial charge in [-0.2, -0.15) is 0 Å². The molecular formula is C17H24N2O5. The van der Waals surface area contributed by atoms with Crippen LogP contribution in [0.4, 0.5) is 4.79 Å². The lowest BCUT2D eigenvalue weighted by Crippen LogP contribution is -2.61. The number of nitrogens with one attached hydrogen (secondary N) is 1. The van der Waals surface area contributed by atoms with Crippen molar-refractivity contribution in [3.05, 3.63) is 29.8 Å². The highest BCUT2D eigenvalue weighted by molar-refractivity contribution is 5.76. The number of benzene rings is 1. The van der Waals surface area contributed by atoms with Gasteiger partial charge in [0.2, 0.25) is 0 Å². The highest BCUT2D eigenvalue weighted by Gasteiger charge is 2.38. The summed E-state index contributed by atoms with van der Waals surface area (Å²) in [6, 6.07) is 6.12. The molecule has 1 fully saturated rings. The molecule has 1 aliphatic rings. The Hall–Kier alpha value is -2.28. The molecule has 7 nitrogen and oxygen atoms in total. The van der Waals surface area contributed by atoms with Gasteiger partial charge in [-0.1, -0.05) is 12.1 Å². The van der Waals surface area contributed by atoms with Gasteiger partial charge < -0.3 is 19.9 Å². The monoisotopic (exact) mass is 336 g/mol. The molecule has 1 aromatic carbocycles. The van der Waals surface area contributed by atoms with Crippen molar-refractivity contribution < 1.29 is 24.2 Å². The Kier molecular flexibility index (Phi) is 5.33. The van der Waals surface area contributed by atoms with Gasteiger partial charge >= 0.3 is 12.1 Å². The van der Waals surface area contributed by atoms with Gasteiger partial charge in [0.1, 0.15) is 17.4 Å². The van der Waals surface area contributed by atoms with E-state index in [-0.39, 0.29) is 6.04 Å². The van der Waals surface area contributed by atoms with E-state index in [1.165, 1.54) is 0 Å². The second-order valence-electron chi connectivity index (χ2n) is 6.81. The normalized spacial score (nSPS) is 16.8. The Balaban J connectivity index is 1.96. The minimum atomic E-state index is -0.932. The number of aliphatic carboxylic acids is 1. The second-order valence-corrected chi connectivity index (χ2v) is 6.81. The van der Waals surface area contributed by atoms with E-state index in [0.29, 0.717) is 24.4 Å². The Morgan fingerprint density at radius 2 is 2.00 bits per heavy atom. The zero-order valence-electron chi connectivity index (χ0n) is 14.4. The van der Waals surface area contributed by atoms with Crippen LogP contribution < -0.4 is 10.1 Å². The van der Waals surface area contributed by atoms with E-state index >= 15 is 0 Å². The Morgan fingerprint density at radius 1 is 1.33 bits per heavy atom. The molecule has 0 saturated carbocycles. The van der Waals surface area contributed by atoms with Crippen molar-refractivity contribution in [3.63, 3.8) is 0 Å². The standard InChI is InChI=1S/C17H24N2O5/c1-17(2,3)24-16(22)18-12-9-19(10-12)14(15(20)21)11-6-5-7-13(8-11)23-4/h5-8,12,14H,9-10H2,1-4H3,(H,18,22)(H,20,21). The Morgan fingerprint density at radius 3 is 2.54 bits per heavy atom. The maximum Gasteiger partial charge on any atom is 0.407 e. The molecule has 1 aromatic rings. The third-order valence-corrected chi connectivity index (χ3v) is 3.64. The van der Waals surface area contributed by atoms with E-state index in [9.17, 15) is 14.7 Å². The molecule has 24 heavy (non-hydrogen) atoms. The highest BCUT2D eigenvalue weighted by atomic mass is 16.6. The predicted octanol–water partition coefficient (Wildman–Crippen LogP) is 2.03. The molecule has 1 atom stereocenters. The lowest BCUT2D eigenvalue weighted by Gasteiger charge is -2.43. The maximum atomic E-state index is 11.7. The minimum Gasteiger partial charge on any atom is -0.497 e. The molecule has 1 amide bonds. The van der Waals surface area contributed by atoms with E-state index in [4.69, 9.17) is 9.47 Å². The van der Waals surface area contributed by atoms with Gasteiger partial charge in [-0.05, 0) is 38.5 Å².